The summed E-state index contributed by atoms with van der Waals surface area (Å²) in [4.78, 5) is 27.5. The standard InChI is InChI=1S/C27H21F3N4O4S/c28-27(29,30)20-5-3-6-21(12-20)32-26-33-22(16-39-26)13-24(35)34-31-14-19-4-1-2-7-23(19)38-15-17-8-10-18(11-9-17)25(36)37/h1-12,14,16H,13,15H2,(H,32,33)(H,34,35)(H,36,37)/b31-14-. The minimum atomic E-state index is -4.45. The van der Waals surface area contributed by atoms with Gasteiger partial charge in [0.15, 0.2) is 5.13 Å². The van der Waals surface area contributed by atoms with E-state index in [1.165, 1.54) is 30.5 Å². The summed E-state index contributed by atoms with van der Waals surface area (Å²) >= 11 is 1.16. The predicted molar refractivity (Wildman–Crippen MR) is 140 cm³/mol. The van der Waals surface area contributed by atoms with Gasteiger partial charge in [-0.3, -0.25) is 4.79 Å². The molecule has 0 aliphatic carbocycles. The molecule has 1 aromatic heterocycles. The highest BCUT2D eigenvalue weighted by Gasteiger charge is 2.30. The number of amides is 1. The maximum atomic E-state index is 12.9. The Balaban J connectivity index is 1.30. The summed E-state index contributed by atoms with van der Waals surface area (Å²) in [5.74, 6) is -0.921. The van der Waals surface area contributed by atoms with Gasteiger partial charge < -0.3 is 15.2 Å². The second-order valence-corrected chi connectivity index (χ2v) is 9.00. The number of para-hydroxylation sites is 1. The molecule has 0 atom stereocenters. The highest BCUT2D eigenvalue weighted by atomic mass is 32.1. The lowest BCUT2D eigenvalue weighted by Crippen LogP contribution is -2.20. The van der Waals surface area contributed by atoms with Gasteiger partial charge in [-0.15, -0.1) is 11.3 Å². The third-order valence-corrected chi connectivity index (χ3v) is 6.05. The van der Waals surface area contributed by atoms with Crippen LogP contribution in [-0.2, 0) is 24.0 Å². The van der Waals surface area contributed by atoms with Crippen LogP contribution in [0, 0.1) is 0 Å². The Bertz CT molecular complexity index is 1490. The van der Waals surface area contributed by atoms with Gasteiger partial charge in [0.25, 0.3) is 0 Å². The first kappa shape index (κ1) is 27.3. The van der Waals surface area contributed by atoms with Crippen LogP contribution in [0.3, 0.4) is 0 Å². The molecule has 0 spiro atoms. The number of carbonyl (C=O) groups is 2. The number of hydrazone groups is 1. The summed E-state index contributed by atoms with van der Waals surface area (Å²) in [6.45, 7) is 0.206. The van der Waals surface area contributed by atoms with Crippen molar-refractivity contribution in [3.05, 3.63) is 106 Å². The molecule has 200 valence electrons. The maximum Gasteiger partial charge on any atom is 0.416 e. The Morgan fingerprint density at radius 3 is 2.56 bits per heavy atom. The van der Waals surface area contributed by atoms with Gasteiger partial charge in [0.05, 0.1) is 29.5 Å². The Morgan fingerprint density at radius 1 is 1.05 bits per heavy atom. The summed E-state index contributed by atoms with van der Waals surface area (Å²) in [6, 6.07) is 18.1. The predicted octanol–water partition coefficient (Wildman–Crippen LogP) is 5.88. The topological polar surface area (TPSA) is 113 Å². The van der Waals surface area contributed by atoms with Crippen LogP contribution < -0.4 is 15.5 Å². The molecule has 12 heteroatoms. The fourth-order valence-corrected chi connectivity index (χ4v) is 4.07. The number of alkyl halides is 3. The Kier molecular flexibility index (Phi) is 8.56. The number of benzene rings is 3. The number of carbonyl (C=O) groups excluding carboxylic acids is 1. The van der Waals surface area contributed by atoms with Gasteiger partial charge >= 0.3 is 12.1 Å². The Hall–Kier alpha value is -4.71. The molecule has 1 amide bonds. The van der Waals surface area contributed by atoms with E-state index in [1.807, 2.05) is 0 Å². The van der Waals surface area contributed by atoms with Gasteiger partial charge in [-0.05, 0) is 48.0 Å². The number of nitrogens with zero attached hydrogens (tertiary/aromatic N) is 2. The van der Waals surface area contributed by atoms with E-state index in [1.54, 1.807) is 41.8 Å². The van der Waals surface area contributed by atoms with Crippen LogP contribution in [0.15, 0.2) is 83.3 Å². The lowest BCUT2D eigenvalue weighted by atomic mass is 10.1. The highest BCUT2D eigenvalue weighted by Crippen LogP contribution is 2.31. The molecule has 4 rings (SSSR count). The van der Waals surface area contributed by atoms with Crippen LogP contribution >= 0.6 is 11.3 Å². The van der Waals surface area contributed by atoms with Crippen LogP contribution in [0.4, 0.5) is 24.0 Å². The minimum absolute atomic E-state index is 0.0808. The number of nitrogens with one attached hydrogen (secondary N) is 2. The molecule has 0 fully saturated rings. The molecule has 0 radical (unpaired) electrons. The molecular formula is C27H21F3N4O4S. The number of hydrogen-bond acceptors (Lipinski definition) is 7. The van der Waals surface area contributed by atoms with Crippen molar-refractivity contribution in [1.82, 2.24) is 10.4 Å². The van der Waals surface area contributed by atoms with Crippen molar-refractivity contribution in [3.63, 3.8) is 0 Å². The molecule has 3 aromatic carbocycles. The van der Waals surface area contributed by atoms with E-state index in [4.69, 9.17) is 9.84 Å². The van der Waals surface area contributed by atoms with Gasteiger partial charge in [-0.25, -0.2) is 15.2 Å². The number of halogens is 3. The number of aromatic carboxylic acids is 1. The molecule has 0 aliphatic rings. The smallest absolute Gasteiger partial charge is 0.416 e. The third-order valence-electron chi connectivity index (χ3n) is 5.24. The number of carboxylic acid groups (broad SMARTS) is 1. The van der Waals surface area contributed by atoms with Crippen LogP contribution in [0.25, 0.3) is 0 Å². The largest absolute Gasteiger partial charge is 0.488 e. The van der Waals surface area contributed by atoms with Gasteiger partial charge in [-0.2, -0.15) is 18.3 Å². The molecule has 0 saturated heterocycles. The first-order valence-electron chi connectivity index (χ1n) is 11.4. The average molecular weight is 555 g/mol. The monoisotopic (exact) mass is 554 g/mol. The van der Waals surface area contributed by atoms with Crippen molar-refractivity contribution in [2.24, 2.45) is 5.10 Å². The van der Waals surface area contributed by atoms with Crippen LogP contribution in [0.5, 0.6) is 5.75 Å². The highest BCUT2D eigenvalue weighted by molar-refractivity contribution is 7.13. The first-order valence-corrected chi connectivity index (χ1v) is 12.3. The first-order chi connectivity index (χ1) is 18.7. The number of anilines is 2. The molecule has 0 aliphatic heterocycles. The van der Waals surface area contributed by atoms with E-state index in [-0.39, 0.29) is 24.3 Å². The summed E-state index contributed by atoms with van der Waals surface area (Å²) in [5, 5.41) is 17.8. The van der Waals surface area contributed by atoms with Crippen LogP contribution in [0.1, 0.15) is 32.7 Å². The quantitative estimate of drug-likeness (QED) is 0.167. The number of ether oxygens (including phenoxy) is 1. The molecule has 3 N–H and O–H groups in total. The van der Waals surface area contributed by atoms with Crippen molar-refractivity contribution < 1.29 is 32.6 Å². The average Bonchev–Trinajstić information content (AvgIpc) is 3.34. The van der Waals surface area contributed by atoms with E-state index >= 15 is 0 Å². The van der Waals surface area contributed by atoms with E-state index in [0.29, 0.717) is 22.1 Å². The van der Waals surface area contributed by atoms with Crippen molar-refractivity contribution in [2.75, 3.05) is 5.32 Å². The summed E-state index contributed by atoms with van der Waals surface area (Å²) in [6.07, 6.45) is -3.10. The third kappa shape index (κ3) is 7.89. The van der Waals surface area contributed by atoms with E-state index in [9.17, 15) is 22.8 Å². The lowest BCUT2D eigenvalue weighted by molar-refractivity contribution is -0.137. The van der Waals surface area contributed by atoms with Gasteiger partial charge in [-0.1, -0.05) is 30.3 Å². The normalized spacial score (nSPS) is 11.4. The fourth-order valence-electron chi connectivity index (χ4n) is 3.34. The number of carboxylic acids is 1. The fraction of sp³-hybridized carbons (Fsp3) is 0.111. The van der Waals surface area contributed by atoms with E-state index in [0.717, 1.165) is 29.0 Å². The zero-order valence-corrected chi connectivity index (χ0v) is 20.9. The Morgan fingerprint density at radius 2 is 1.82 bits per heavy atom. The number of rotatable bonds is 10. The van der Waals surface area contributed by atoms with Crippen molar-refractivity contribution in [3.8, 4) is 5.75 Å². The molecule has 0 bridgehead atoms. The number of thiazole rings is 1. The second kappa shape index (κ2) is 12.2. The summed E-state index contributed by atoms with van der Waals surface area (Å²) in [7, 11) is 0. The zero-order valence-electron chi connectivity index (χ0n) is 20.1. The van der Waals surface area contributed by atoms with Gasteiger partial charge in [0, 0.05) is 16.6 Å². The lowest BCUT2D eigenvalue weighted by Gasteiger charge is -2.09. The second-order valence-electron chi connectivity index (χ2n) is 8.15. The molecule has 0 unspecified atom stereocenters. The van der Waals surface area contributed by atoms with Gasteiger partial charge in [0.2, 0.25) is 5.91 Å². The van der Waals surface area contributed by atoms with Crippen molar-refractivity contribution in [1.29, 1.82) is 0 Å². The van der Waals surface area contributed by atoms with E-state index < -0.39 is 23.6 Å². The van der Waals surface area contributed by atoms with Crippen molar-refractivity contribution in [2.45, 2.75) is 19.2 Å². The molecule has 1 heterocycles. The summed E-state index contributed by atoms with van der Waals surface area (Å²) < 4.78 is 44.6. The van der Waals surface area contributed by atoms with Gasteiger partial charge in [0.1, 0.15) is 12.4 Å². The van der Waals surface area contributed by atoms with Crippen LogP contribution in [-0.4, -0.2) is 28.2 Å². The maximum absolute atomic E-state index is 12.9. The zero-order chi connectivity index (χ0) is 27.8. The number of aromatic nitrogens is 1. The summed E-state index contributed by atoms with van der Waals surface area (Å²) in [5.41, 5.74) is 3.89. The van der Waals surface area contributed by atoms with Crippen LogP contribution in [0.2, 0.25) is 0 Å². The van der Waals surface area contributed by atoms with Crippen molar-refractivity contribution >= 4 is 40.2 Å². The molecule has 39 heavy (non-hydrogen) atoms. The SMILES string of the molecule is O=C(Cc1csc(Nc2cccc(C(F)(F)F)c2)n1)N/N=C\c1ccccc1OCc1ccc(C(=O)O)cc1. The molecule has 4 aromatic rings. The van der Waals surface area contributed by atoms with E-state index in [2.05, 4.69) is 20.8 Å². The molecule has 0 saturated carbocycles. The minimum Gasteiger partial charge on any atom is -0.488 e. The molecular weight excluding hydrogens is 533 g/mol. The Labute approximate surface area is 224 Å². The number of hydrogen-bond donors (Lipinski definition) is 3. The molecule has 8 nitrogen and oxygen atoms in total.